The third-order valence-corrected chi connectivity index (χ3v) is 18.4. The minimum atomic E-state index is -0.0830. The molecule has 98 heavy (non-hydrogen) atoms. The average molecular weight is 1300 g/mol. The fourth-order valence-corrected chi connectivity index (χ4v) is 13.4. The molecule has 0 radical (unpaired) electrons. The zero-order valence-corrected chi connectivity index (χ0v) is 59.6. The summed E-state index contributed by atoms with van der Waals surface area (Å²) in [6.45, 7) is 39.4. The van der Waals surface area contributed by atoms with Gasteiger partial charge in [-0.25, -0.2) is 29.9 Å². The highest BCUT2D eigenvalue weighted by atomic mass is 16.5. The molecular weight excluding hydrogens is 1210 g/mol. The van der Waals surface area contributed by atoms with Gasteiger partial charge in [-0.05, 0) is 216 Å². The first kappa shape index (κ1) is 65.9. The van der Waals surface area contributed by atoms with Crippen molar-refractivity contribution in [1.29, 1.82) is 0 Å². The molecule has 8 bridgehead atoms. The summed E-state index contributed by atoms with van der Waals surface area (Å²) < 4.78 is 28.1. The fourth-order valence-electron chi connectivity index (χ4n) is 13.4. The SMILES string of the molecule is Cc1cc(C)c(-c2c3nc(c(-c4c(Oc5ccc(C(C)(C)C)cc5)ncnc4Oc4ccc(C(C)(C)C)cc4)c4ccc([nH]4)c(-c4c(C)cc(C)cc4C)c4nc(c(-c5c(Oc6ccc(C(C)(C)C)cc6)ncnc5Oc5ccc(C(C)(C)C)cc5)c5ccc2[nH]5)C=C4)C=C3)c(C)c1. The summed E-state index contributed by atoms with van der Waals surface area (Å²) in [6.07, 6.45) is 11.3. The zero-order valence-electron chi connectivity index (χ0n) is 59.6. The van der Waals surface area contributed by atoms with Gasteiger partial charge in [0, 0.05) is 44.3 Å². The van der Waals surface area contributed by atoms with E-state index < -0.39 is 0 Å². The molecule has 13 rings (SSSR count). The van der Waals surface area contributed by atoms with Crippen LogP contribution in [0.15, 0.2) is 158 Å². The molecule has 0 saturated heterocycles. The molecule has 0 unspecified atom stereocenters. The lowest BCUT2D eigenvalue weighted by atomic mass is 9.87. The molecule has 2 aliphatic rings. The standard InChI is InChI=1S/C86H86N8O4/c1-49-43-51(3)71(52(4)44-49)73-63-35-39-67(91-63)75(77-79(95-59-27-19-55(20-28-59)83(7,8)9)87-47-88-80(77)96-60-29-21-56(22-30-60)84(10,11)12)69-41-37-65(93-69)74(72-53(5)45-50(2)46-54(72)6)66-38-42-70(94-66)76(68-40-36-64(73)92-68)78-81(97-61-31-23-57(24-32-61)85(13,14)15)89-48-90-82(78)98-62-33-25-58(26-34-62)86(16,17)18/h19-48,91,94H,1-18H3. The van der Waals surface area contributed by atoms with Gasteiger partial charge in [0.15, 0.2) is 0 Å². The van der Waals surface area contributed by atoms with Crippen molar-refractivity contribution >= 4 is 46.4 Å². The normalized spacial score (nSPS) is 12.5. The molecule has 12 nitrogen and oxygen atoms in total. The maximum Gasteiger partial charge on any atom is 0.234 e. The van der Waals surface area contributed by atoms with Crippen molar-refractivity contribution in [2.24, 2.45) is 0 Å². The van der Waals surface area contributed by atoms with Gasteiger partial charge >= 0.3 is 0 Å². The first-order valence-electron chi connectivity index (χ1n) is 33.7. The molecule has 0 atom stereocenters. The van der Waals surface area contributed by atoms with Gasteiger partial charge in [0.25, 0.3) is 0 Å². The van der Waals surface area contributed by atoms with Crippen LogP contribution in [-0.4, -0.2) is 39.9 Å². The number of ether oxygens (including phenoxy) is 4. The number of nitrogens with one attached hydrogen (secondary N) is 2. The summed E-state index contributed by atoms with van der Waals surface area (Å²) in [4.78, 5) is 39.6. The summed E-state index contributed by atoms with van der Waals surface area (Å²) in [5.41, 5.74) is 22.7. The number of aromatic nitrogens is 8. The number of hydrogen-bond acceptors (Lipinski definition) is 10. The van der Waals surface area contributed by atoms with Crippen molar-refractivity contribution < 1.29 is 18.9 Å². The van der Waals surface area contributed by atoms with Crippen LogP contribution < -0.4 is 18.9 Å². The van der Waals surface area contributed by atoms with E-state index >= 15 is 0 Å². The van der Waals surface area contributed by atoms with Crippen molar-refractivity contribution in [2.45, 2.75) is 146 Å². The van der Waals surface area contributed by atoms with Gasteiger partial charge in [0.2, 0.25) is 23.5 Å². The number of nitrogens with zero attached hydrogens (tertiary/aromatic N) is 6. The molecule has 12 heteroatoms. The minimum absolute atomic E-state index is 0.0830. The predicted molar refractivity (Wildman–Crippen MR) is 401 cm³/mol. The second-order valence-corrected chi connectivity index (χ2v) is 30.3. The smallest absolute Gasteiger partial charge is 0.234 e. The second-order valence-electron chi connectivity index (χ2n) is 30.3. The van der Waals surface area contributed by atoms with Crippen molar-refractivity contribution in [2.75, 3.05) is 0 Å². The molecular formula is C86H86N8O4. The highest BCUT2D eigenvalue weighted by molar-refractivity contribution is 6.02. The van der Waals surface area contributed by atoms with E-state index in [0.29, 0.717) is 79.1 Å². The topological polar surface area (TPSA) is 146 Å². The van der Waals surface area contributed by atoms with E-state index in [1.54, 1.807) is 0 Å². The quantitative estimate of drug-likeness (QED) is 0.121. The van der Waals surface area contributed by atoms with Gasteiger partial charge in [0.05, 0.1) is 22.8 Å². The number of benzene rings is 6. The van der Waals surface area contributed by atoms with Gasteiger partial charge < -0.3 is 28.9 Å². The number of aromatic amines is 2. The van der Waals surface area contributed by atoms with Crippen LogP contribution in [0.3, 0.4) is 0 Å². The van der Waals surface area contributed by atoms with Gasteiger partial charge in [0.1, 0.15) is 46.8 Å². The molecule has 0 amide bonds. The molecule has 2 aliphatic heterocycles. The van der Waals surface area contributed by atoms with Gasteiger partial charge in [-0.15, -0.1) is 0 Å². The molecule has 0 saturated carbocycles. The molecule has 2 N–H and O–H groups in total. The van der Waals surface area contributed by atoms with Crippen LogP contribution in [0.1, 0.15) is 161 Å². The summed E-state index contributed by atoms with van der Waals surface area (Å²) in [5, 5.41) is 0. The van der Waals surface area contributed by atoms with Crippen LogP contribution in [0.25, 0.3) is 90.9 Å². The molecule has 6 aromatic carbocycles. The fraction of sp³-hybridized carbons (Fsp3) is 0.256. The summed E-state index contributed by atoms with van der Waals surface area (Å²) in [5.74, 6) is 3.49. The molecule has 0 spiro atoms. The summed E-state index contributed by atoms with van der Waals surface area (Å²) in [6, 6.07) is 50.1. The largest absolute Gasteiger partial charge is 0.438 e. The van der Waals surface area contributed by atoms with Crippen molar-refractivity contribution in [3.8, 4) is 91.0 Å². The van der Waals surface area contributed by atoms with Gasteiger partial charge in [-0.1, -0.05) is 167 Å². The Morgan fingerprint density at radius 3 is 0.694 bits per heavy atom. The Balaban J connectivity index is 1.16. The number of rotatable bonds is 12. The second kappa shape index (κ2) is 25.4. The average Bonchev–Trinajstić information content (AvgIpc) is 1.55. The molecule has 5 aromatic heterocycles. The Labute approximate surface area is 576 Å². The molecule has 494 valence electrons. The van der Waals surface area contributed by atoms with E-state index in [4.69, 9.17) is 48.9 Å². The number of H-pyrrole nitrogens is 2. The zero-order chi connectivity index (χ0) is 69.3. The minimum Gasteiger partial charge on any atom is -0.438 e. The van der Waals surface area contributed by atoms with Gasteiger partial charge in [-0.3, -0.25) is 0 Å². The van der Waals surface area contributed by atoms with E-state index in [9.17, 15) is 0 Å². The molecule has 0 aliphatic carbocycles. The summed E-state index contributed by atoms with van der Waals surface area (Å²) in [7, 11) is 0. The van der Waals surface area contributed by atoms with E-state index in [1.165, 1.54) is 34.9 Å². The van der Waals surface area contributed by atoms with E-state index in [0.717, 1.165) is 66.7 Å². The predicted octanol–water partition coefficient (Wildman–Crippen LogP) is 23.1. The van der Waals surface area contributed by atoms with Crippen molar-refractivity contribution in [3.05, 3.63) is 237 Å². The Kier molecular flexibility index (Phi) is 17.1. The highest BCUT2D eigenvalue weighted by Gasteiger charge is 2.30. The lowest BCUT2D eigenvalue weighted by Crippen LogP contribution is -2.10. The monoisotopic (exact) mass is 1290 g/mol. The third-order valence-electron chi connectivity index (χ3n) is 18.4. The lowest BCUT2D eigenvalue weighted by Gasteiger charge is -2.20. The highest BCUT2D eigenvalue weighted by Crippen LogP contribution is 2.49. The van der Waals surface area contributed by atoms with Crippen LogP contribution in [0.2, 0.25) is 0 Å². The van der Waals surface area contributed by atoms with Crippen molar-refractivity contribution in [3.63, 3.8) is 0 Å². The lowest BCUT2D eigenvalue weighted by molar-refractivity contribution is 0.436. The first-order chi connectivity index (χ1) is 46.5. The van der Waals surface area contributed by atoms with Crippen LogP contribution in [0.5, 0.6) is 46.5 Å². The van der Waals surface area contributed by atoms with Crippen LogP contribution in [0.4, 0.5) is 0 Å². The maximum atomic E-state index is 7.03. The summed E-state index contributed by atoms with van der Waals surface area (Å²) >= 11 is 0. The van der Waals surface area contributed by atoms with E-state index in [1.807, 2.05) is 48.5 Å². The maximum absolute atomic E-state index is 7.03. The third kappa shape index (κ3) is 13.3. The number of fused-ring (bicyclic) bond motifs is 8. The van der Waals surface area contributed by atoms with Gasteiger partial charge in [-0.2, -0.15) is 0 Å². The molecule has 0 fully saturated rings. The van der Waals surface area contributed by atoms with E-state index in [2.05, 4.69) is 256 Å². The van der Waals surface area contributed by atoms with Crippen molar-refractivity contribution in [1.82, 2.24) is 39.9 Å². The van der Waals surface area contributed by atoms with Crippen LogP contribution >= 0.6 is 0 Å². The first-order valence-corrected chi connectivity index (χ1v) is 33.7. The Morgan fingerprint density at radius 2 is 0.480 bits per heavy atom. The van der Waals surface area contributed by atoms with Crippen LogP contribution in [-0.2, 0) is 21.7 Å². The Morgan fingerprint density at radius 1 is 0.265 bits per heavy atom. The Hall–Kier alpha value is -10.7. The van der Waals surface area contributed by atoms with E-state index in [-0.39, 0.29) is 45.2 Å². The number of hydrogen-bond donors (Lipinski definition) is 2. The Bertz CT molecular complexity index is 4630. The van der Waals surface area contributed by atoms with Crippen LogP contribution in [0, 0.1) is 41.5 Å². The molecule has 11 aromatic rings. The molecule has 7 heterocycles. The number of aryl methyl sites for hydroxylation is 6.